The van der Waals surface area contributed by atoms with Crippen molar-refractivity contribution in [2.45, 2.75) is 11.4 Å². The topological polar surface area (TPSA) is 121 Å². The Kier molecular flexibility index (Phi) is 7.16. The molecule has 0 bridgehead atoms. The molecule has 0 amide bonds. The van der Waals surface area contributed by atoms with Crippen molar-refractivity contribution in [3.63, 3.8) is 0 Å². The predicted molar refractivity (Wildman–Crippen MR) is 137 cm³/mol. The normalized spacial score (nSPS) is 11.3. The van der Waals surface area contributed by atoms with Gasteiger partial charge in [-0.1, -0.05) is 41.1 Å². The van der Waals surface area contributed by atoms with E-state index < -0.39 is 22.0 Å². The van der Waals surface area contributed by atoms with Crippen LogP contribution in [-0.4, -0.2) is 39.1 Å². The van der Waals surface area contributed by atoms with E-state index in [9.17, 15) is 22.8 Å². The molecule has 1 N–H and O–H groups in total. The Hall–Kier alpha value is -3.67. The SMILES string of the molecule is COC(=O)c1cc(NS(=O)(=O)c2ccc3c(c2)sc(=O)n3Cc2ccccc2Cl)cc(C(=O)OC)c1. The van der Waals surface area contributed by atoms with E-state index in [4.69, 9.17) is 11.6 Å². The zero-order valence-electron chi connectivity index (χ0n) is 19.0. The van der Waals surface area contributed by atoms with Gasteiger partial charge >= 0.3 is 16.8 Å². The minimum absolute atomic E-state index is 0.0385. The van der Waals surface area contributed by atoms with Crippen LogP contribution in [0.3, 0.4) is 0 Å². The second-order valence-electron chi connectivity index (χ2n) is 7.56. The van der Waals surface area contributed by atoms with Crippen molar-refractivity contribution in [3.8, 4) is 0 Å². The lowest BCUT2D eigenvalue weighted by molar-refractivity contribution is 0.0599. The average molecular weight is 547 g/mol. The van der Waals surface area contributed by atoms with Crippen LogP contribution < -0.4 is 9.60 Å². The third-order valence-corrected chi connectivity index (χ3v) is 7.95. The van der Waals surface area contributed by atoms with Gasteiger partial charge in [-0.2, -0.15) is 0 Å². The van der Waals surface area contributed by atoms with Gasteiger partial charge in [-0.3, -0.25) is 14.1 Å². The highest BCUT2D eigenvalue weighted by Gasteiger charge is 2.20. The van der Waals surface area contributed by atoms with Gasteiger partial charge in [0.15, 0.2) is 0 Å². The van der Waals surface area contributed by atoms with Crippen LogP contribution in [0.2, 0.25) is 5.02 Å². The monoisotopic (exact) mass is 546 g/mol. The lowest BCUT2D eigenvalue weighted by Gasteiger charge is -2.11. The summed E-state index contributed by atoms with van der Waals surface area (Å²) in [6.45, 7) is 0.236. The Morgan fingerprint density at radius 3 is 2.22 bits per heavy atom. The molecule has 0 saturated carbocycles. The molecule has 186 valence electrons. The largest absolute Gasteiger partial charge is 0.465 e. The van der Waals surface area contributed by atoms with Gasteiger partial charge in [0, 0.05) is 5.02 Å². The molecule has 0 aliphatic carbocycles. The Labute approximate surface area is 214 Å². The van der Waals surface area contributed by atoms with E-state index in [0.717, 1.165) is 31.1 Å². The standard InChI is InChI=1S/C24H19ClN2O7S2/c1-33-22(28)15-9-16(23(29)34-2)11-17(10-15)26-36(31,32)18-7-8-20-21(12-18)35-24(30)27(20)13-14-5-3-4-6-19(14)25/h3-12,26H,13H2,1-2H3. The lowest BCUT2D eigenvalue weighted by atomic mass is 10.1. The Balaban J connectivity index is 1.70. The predicted octanol–water partition coefficient (Wildman–Crippen LogP) is 4.14. The zero-order chi connectivity index (χ0) is 26.0. The molecule has 0 atom stereocenters. The van der Waals surface area contributed by atoms with E-state index in [0.29, 0.717) is 15.2 Å². The first-order chi connectivity index (χ1) is 17.1. The van der Waals surface area contributed by atoms with Crippen molar-refractivity contribution in [2.75, 3.05) is 18.9 Å². The van der Waals surface area contributed by atoms with Crippen molar-refractivity contribution in [1.29, 1.82) is 0 Å². The second kappa shape index (κ2) is 10.1. The number of hydrogen-bond donors (Lipinski definition) is 1. The van der Waals surface area contributed by atoms with Crippen LogP contribution in [0.1, 0.15) is 26.3 Å². The van der Waals surface area contributed by atoms with E-state index in [1.807, 2.05) is 12.1 Å². The molecule has 0 unspecified atom stereocenters. The van der Waals surface area contributed by atoms with Gasteiger partial charge < -0.3 is 9.47 Å². The maximum atomic E-state index is 13.1. The Morgan fingerprint density at radius 2 is 1.61 bits per heavy atom. The maximum absolute atomic E-state index is 13.1. The minimum atomic E-state index is -4.15. The maximum Gasteiger partial charge on any atom is 0.337 e. The van der Waals surface area contributed by atoms with Crippen molar-refractivity contribution in [2.24, 2.45) is 0 Å². The zero-order valence-corrected chi connectivity index (χ0v) is 21.4. The number of anilines is 1. The molecule has 12 heteroatoms. The smallest absolute Gasteiger partial charge is 0.337 e. The van der Waals surface area contributed by atoms with Crippen LogP contribution in [-0.2, 0) is 26.0 Å². The fourth-order valence-corrected chi connectivity index (χ4v) is 5.80. The fourth-order valence-electron chi connectivity index (χ4n) is 3.53. The van der Waals surface area contributed by atoms with Gasteiger partial charge in [-0.25, -0.2) is 18.0 Å². The number of nitrogens with zero attached hydrogens (tertiary/aromatic N) is 1. The van der Waals surface area contributed by atoms with Crippen LogP contribution in [0, 0.1) is 0 Å². The summed E-state index contributed by atoms with van der Waals surface area (Å²) >= 11 is 7.14. The van der Waals surface area contributed by atoms with E-state index in [2.05, 4.69) is 14.2 Å². The highest BCUT2D eigenvalue weighted by Crippen LogP contribution is 2.26. The summed E-state index contributed by atoms with van der Waals surface area (Å²) in [5, 5.41) is 0.521. The fraction of sp³-hybridized carbons (Fsp3) is 0.125. The molecule has 0 fully saturated rings. The van der Waals surface area contributed by atoms with Crippen LogP contribution >= 0.6 is 22.9 Å². The van der Waals surface area contributed by atoms with Gasteiger partial charge in [0.1, 0.15) is 0 Å². The Morgan fingerprint density at radius 1 is 0.972 bits per heavy atom. The molecule has 0 aliphatic rings. The third kappa shape index (κ3) is 5.13. The summed E-state index contributed by atoms with van der Waals surface area (Å²) in [5.41, 5.74) is 1.20. The molecule has 1 aromatic heterocycles. The summed E-state index contributed by atoms with van der Waals surface area (Å²) < 4.78 is 40.0. The van der Waals surface area contributed by atoms with Crippen molar-refractivity contribution in [3.05, 3.63) is 92.0 Å². The molecule has 36 heavy (non-hydrogen) atoms. The summed E-state index contributed by atoms with van der Waals surface area (Å²) in [5.74, 6) is -1.51. The summed E-state index contributed by atoms with van der Waals surface area (Å²) in [6, 6.07) is 15.2. The lowest BCUT2D eigenvalue weighted by Crippen LogP contribution is -2.15. The average Bonchev–Trinajstić information content (AvgIpc) is 3.17. The van der Waals surface area contributed by atoms with E-state index in [-0.39, 0.29) is 33.1 Å². The van der Waals surface area contributed by atoms with Crippen molar-refractivity contribution < 1.29 is 27.5 Å². The highest BCUT2D eigenvalue weighted by atomic mass is 35.5. The van der Waals surface area contributed by atoms with Gasteiger partial charge in [0.05, 0.1) is 52.7 Å². The first kappa shape index (κ1) is 25.4. The first-order valence-corrected chi connectivity index (χ1v) is 13.0. The number of hydrogen-bond acceptors (Lipinski definition) is 8. The molecule has 0 aliphatic heterocycles. The van der Waals surface area contributed by atoms with Crippen LogP contribution in [0.4, 0.5) is 5.69 Å². The molecular weight excluding hydrogens is 528 g/mol. The third-order valence-electron chi connectivity index (χ3n) is 5.26. The van der Waals surface area contributed by atoms with E-state index >= 15 is 0 Å². The molecule has 0 spiro atoms. The summed E-state index contributed by atoms with van der Waals surface area (Å²) in [4.78, 5) is 36.3. The number of thiazole rings is 1. The van der Waals surface area contributed by atoms with Gasteiger partial charge in [-0.15, -0.1) is 0 Å². The number of benzene rings is 3. The first-order valence-electron chi connectivity index (χ1n) is 10.3. The quantitative estimate of drug-likeness (QED) is 0.346. The number of esters is 2. The summed E-state index contributed by atoms with van der Waals surface area (Å²) in [7, 11) is -1.83. The number of methoxy groups -OCH3 is 2. The molecule has 0 radical (unpaired) electrons. The van der Waals surface area contributed by atoms with E-state index in [1.165, 1.54) is 34.9 Å². The molecule has 4 aromatic rings. The number of ether oxygens (including phenoxy) is 2. The van der Waals surface area contributed by atoms with Crippen LogP contribution in [0.5, 0.6) is 0 Å². The number of halogens is 1. The molecule has 0 saturated heterocycles. The highest BCUT2D eigenvalue weighted by molar-refractivity contribution is 7.92. The van der Waals surface area contributed by atoms with Gasteiger partial charge in [0.2, 0.25) is 0 Å². The molecule has 9 nitrogen and oxygen atoms in total. The van der Waals surface area contributed by atoms with Gasteiger partial charge in [0.25, 0.3) is 10.0 Å². The van der Waals surface area contributed by atoms with Crippen molar-refractivity contribution >= 4 is 60.8 Å². The summed E-state index contributed by atoms with van der Waals surface area (Å²) in [6.07, 6.45) is 0. The molecule has 3 aromatic carbocycles. The van der Waals surface area contributed by atoms with Crippen LogP contribution in [0.25, 0.3) is 10.2 Å². The number of sulfonamides is 1. The Bertz CT molecular complexity index is 1620. The number of nitrogens with one attached hydrogen (secondary N) is 1. The van der Waals surface area contributed by atoms with Crippen LogP contribution in [0.15, 0.2) is 70.4 Å². The minimum Gasteiger partial charge on any atom is -0.465 e. The number of fused-ring (bicyclic) bond motifs is 1. The molecule has 1 heterocycles. The van der Waals surface area contributed by atoms with E-state index in [1.54, 1.807) is 18.2 Å². The number of rotatable bonds is 7. The van der Waals surface area contributed by atoms with Crippen molar-refractivity contribution in [1.82, 2.24) is 4.57 Å². The van der Waals surface area contributed by atoms with Gasteiger partial charge in [-0.05, 0) is 48.0 Å². The molecule has 4 rings (SSSR count). The second-order valence-corrected chi connectivity index (χ2v) is 10.6. The molecular formula is C24H19ClN2O7S2. The number of carbonyl (C=O) groups excluding carboxylic acids is 2. The number of carbonyl (C=O) groups is 2. The number of aromatic nitrogens is 1.